The molecule has 0 aromatic carbocycles. The number of aliphatic hydroxyl groups excluding tert-OH is 1. The third-order valence-corrected chi connectivity index (χ3v) is 3.29. The molecule has 1 aliphatic heterocycles. The summed E-state index contributed by atoms with van der Waals surface area (Å²) < 4.78 is 5.22. The van der Waals surface area contributed by atoms with Crippen molar-refractivity contribution in [2.75, 3.05) is 0 Å². The van der Waals surface area contributed by atoms with Crippen molar-refractivity contribution < 1.29 is 24.5 Å². The molecule has 0 aromatic rings. The first-order valence-corrected chi connectivity index (χ1v) is 5.72. The number of aliphatic carboxylic acids is 1. The van der Waals surface area contributed by atoms with Gasteiger partial charge in [0.05, 0.1) is 5.57 Å². The molecule has 0 saturated carbocycles. The molecule has 1 aliphatic carbocycles. The Morgan fingerprint density at radius 3 is 2.56 bits per heavy atom. The molecule has 1 unspecified atom stereocenters. The van der Waals surface area contributed by atoms with Crippen LogP contribution in [0.1, 0.15) is 27.2 Å². The Morgan fingerprint density at radius 1 is 1.44 bits per heavy atom. The van der Waals surface area contributed by atoms with E-state index in [1.165, 1.54) is 0 Å². The van der Waals surface area contributed by atoms with Gasteiger partial charge in [0.15, 0.2) is 5.78 Å². The lowest BCUT2D eigenvalue weighted by Gasteiger charge is -2.19. The lowest BCUT2D eigenvalue weighted by Crippen LogP contribution is -2.20. The van der Waals surface area contributed by atoms with Crippen molar-refractivity contribution in [2.45, 2.75) is 33.3 Å². The zero-order valence-corrected chi connectivity index (χ0v) is 10.4. The summed E-state index contributed by atoms with van der Waals surface area (Å²) in [6.45, 7) is 5.06. The molecule has 5 heteroatoms. The van der Waals surface area contributed by atoms with Crippen LogP contribution >= 0.6 is 0 Å². The van der Waals surface area contributed by atoms with Crippen LogP contribution in [-0.4, -0.2) is 28.1 Å². The monoisotopic (exact) mass is 250 g/mol. The van der Waals surface area contributed by atoms with E-state index in [0.29, 0.717) is 17.6 Å². The number of ketones is 1. The van der Waals surface area contributed by atoms with E-state index in [4.69, 9.17) is 9.84 Å². The van der Waals surface area contributed by atoms with Crippen molar-refractivity contribution in [1.29, 1.82) is 0 Å². The Hall–Kier alpha value is -2.04. The zero-order chi connectivity index (χ0) is 13.6. The highest BCUT2D eigenvalue weighted by molar-refractivity contribution is 6.17. The van der Waals surface area contributed by atoms with Gasteiger partial charge in [0.25, 0.3) is 0 Å². The second kappa shape index (κ2) is 4.01. The van der Waals surface area contributed by atoms with Crippen molar-refractivity contribution in [2.24, 2.45) is 0 Å². The summed E-state index contributed by atoms with van der Waals surface area (Å²) in [5.74, 6) is -2.08. The summed E-state index contributed by atoms with van der Waals surface area (Å²) in [6.07, 6.45) is -0.185. The largest absolute Gasteiger partial charge is 0.507 e. The average Bonchev–Trinajstić information content (AvgIpc) is 2.65. The van der Waals surface area contributed by atoms with Gasteiger partial charge in [-0.2, -0.15) is 0 Å². The third kappa shape index (κ3) is 1.47. The Bertz CT molecular complexity index is 548. The van der Waals surface area contributed by atoms with Gasteiger partial charge in [-0.15, -0.1) is 0 Å². The fourth-order valence-electron chi connectivity index (χ4n) is 2.44. The molecule has 2 rings (SSSR count). The molecule has 0 aromatic heterocycles. The molecule has 0 fully saturated rings. The van der Waals surface area contributed by atoms with E-state index in [1.807, 2.05) is 0 Å². The van der Waals surface area contributed by atoms with Gasteiger partial charge in [-0.1, -0.05) is 6.92 Å². The van der Waals surface area contributed by atoms with Crippen molar-refractivity contribution in [3.05, 3.63) is 33.8 Å². The number of aliphatic hydroxyl groups is 1. The molecule has 5 nitrogen and oxygen atoms in total. The van der Waals surface area contributed by atoms with Crippen LogP contribution in [0, 0.1) is 0 Å². The standard InChI is InChI=1S/C13H14O5/c1-4-7-10(14)5(2)8-6(3)18-12(13(16)17)9(8)11(7)15/h6,14H,4H2,1-3H3,(H,16,17). The molecule has 0 saturated heterocycles. The number of carboxylic acid groups (broad SMARTS) is 1. The zero-order valence-electron chi connectivity index (χ0n) is 10.4. The van der Waals surface area contributed by atoms with Crippen LogP contribution in [0.5, 0.6) is 0 Å². The number of hydrogen-bond donors (Lipinski definition) is 2. The van der Waals surface area contributed by atoms with Gasteiger partial charge in [0.2, 0.25) is 5.76 Å². The molecular formula is C13H14O5. The number of carboxylic acids is 1. The van der Waals surface area contributed by atoms with Crippen LogP contribution < -0.4 is 0 Å². The first-order chi connectivity index (χ1) is 8.40. The SMILES string of the molecule is CCC1=C(O)C(C)=C2C(=C(C(=O)O)OC2C)C1=O. The molecule has 0 spiro atoms. The Kier molecular flexibility index (Phi) is 2.77. The van der Waals surface area contributed by atoms with Crippen LogP contribution in [0.4, 0.5) is 0 Å². The molecular weight excluding hydrogens is 236 g/mol. The van der Waals surface area contributed by atoms with Crippen molar-refractivity contribution in [1.82, 2.24) is 0 Å². The first kappa shape index (κ1) is 12.4. The Morgan fingerprint density at radius 2 is 2.06 bits per heavy atom. The van der Waals surface area contributed by atoms with Crippen LogP contribution in [0.2, 0.25) is 0 Å². The first-order valence-electron chi connectivity index (χ1n) is 5.72. The highest BCUT2D eigenvalue weighted by atomic mass is 16.5. The molecule has 0 bridgehead atoms. The van der Waals surface area contributed by atoms with E-state index in [0.717, 1.165) is 0 Å². The summed E-state index contributed by atoms with van der Waals surface area (Å²) >= 11 is 0. The average molecular weight is 250 g/mol. The Balaban J connectivity index is 2.74. The smallest absolute Gasteiger partial charge is 0.371 e. The van der Waals surface area contributed by atoms with E-state index in [-0.39, 0.29) is 22.7 Å². The van der Waals surface area contributed by atoms with Gasteiger partial charge in [0.1, 0.15) is 11.9 Å². The number of fused-ring (bicyclic) bond motifs is 1. The lowest BCUT2D eigenvalue weighted by molar-refractivity contribution is -0.137. The maximum atomic E-state index is 12.2. The molecule has 0 amide bonds. The van der Waals surface area contributed by atoms with Gasteiger partial charge in [-0.3, -0.25) is 4.79 Å². The van der Waals surface area contributed by atoms with E-state index < -0.39 is 17.9 Å². The van der Waals surface area contributed by atoms with Crippen LogP contribution in [0.3, 0.4) is 0 Å². The third-order valence-electron chi connectivity index (χ3n) is 3.29. The molecule has 96 valence electrons. The van der Waals surface area contributed by atoms with Gasteiger partial charge >= 0.3 is 5.97 Å². The molecule has 18 heavy (non-hydrogen) atoms. The molecule has 2 aliphatic rings. The van der Waals surface area contributed by atoms with E-state index in [2.05, 4.69) is 0 Å². The van der Waals surface area contributed by atoms with Gasteiger partial charge < -0.3 is 14.9 Å². The molecule has 1 heterocycles. The fraction of sp³-hybridized carbons (Fsp3) is 0.385. The van der Waals surface area contributed by atoms with Gasteiger partial charge in [0, 0.05) is 11.1 Å². The summed E-state index contributed by atoms with van der Waals surface area (Å²) in [6, 6.07) is 0. The van der Waals surface area contributed by atoms with Crippen LogP contribution in [-0.2, 0) is 14.3 Å². The lowest BCUT2D eigenvalue weighted by atomic mass is 9.83. The second-order valence-electron chi connectivity index (χ2n) is 4.32. The number of carbonyl (C=O) groups is 2. The molecule has 0 radical (unpaired) electrons. The summed E-state index contributed by atoms with van der Waals surface area (Å²) in [5.41, 5.74) is 1.32. The van der Waals surface area contributed by atoms with Crippen LogP contribution in [0.15, 0.2) is 33.8 Å². The number of allylic oxidation sites excluding steroid dienone is 2. The summed E-state index contributed by atoms with van der Waals surface area (Å²) in [5, 5.41) is 19.0. The van der Waals surface area contributed by atoms with Gasteiger partial charge in [-0.05, 0) is 25.8 Å². The molecule has 2 N–H and O–H groups in total. The van der Waals surface area contributed by atoms with Crippen LogP contribution in [0.25, 0.3) is 0 Å². The predicted octanol–water partition coefficient (Wildman–Crippen LogP) is 1.87. The summed E-state index contributed by atoms with van der Waals surface area (Å²) in [7, 11) is 0. The van der Waals surface area contributed by atoms with E-state index in [9.17, 15) is 14.7 Å². The second-order valence-corrected chi connectivity index (χ2v) is 4.32. The minimum Gasteiger partial charge on any atom is -0.507 e. The number of Topliss-reactive ketones (excluding diaryl/α,β-unsaturated/α-hetero) is 1. The van der Waals surface area contributed by atoms with Crippen molar-refractivity contribution >= 4 is 11.8 Å². The maximum absolute atomic E-state index is 12.2. The maximum Gasteiger partial charge on any atom is 0.371 e. The minimum atomic E-state index is -1.26. The number of rotatable bonds is 2. The number of ether oxygens (including phenoxy) is 1. The van der Waals surface area contributed by atoms with Crippen molar-refractivity contribution in [3.8, 4) is 0 Å². The van der Waals surface area contributed by atoms with E-state index in [1.54, 1.807) is 20.8 Å². The highest BCUT2D eigenvalue weighted by Crippen LogP contribution is 2.41. The predicted molar refractivity (Wildman–Crippen MR) is 62.9 cm³/mol. The van der Waals surface area contributed by atoms with E-state index >= 15 is 0 Å². The minimum absolute atomic E-state index is 0.0525. The van der Waals surface area contributed by atoms with Gasteiger partial charge in [-0.25, -0.2) is 4.79 Å². The molecule has 1 atom stereocenters. The number of carbonyl (C=O) groups excluding carboxylic acids is 1. The normalized spacial score (nSPS) is 23.5. The quantitative estimate of drug-likeness (QED) is 0.781. The fourth-order valence-corrected chi connectivity index (χ4v) is 2.44. The Labute approximate surface area is 104 Å². The van der Waals surface area contributed by atoms with Crippen molar-refractivity contribution in [3.63, 3.8) is 0 Å². The summed E-state index contributed by atoms with van der Waals surface area (Å²) in [4.78, 5) is 23.3. The topological polar surface area (TPSA) is 83.8 Å². The number of hydrogen-bond acceptors (Lipinski definition) is 4. The highest BCUT2D eigenvalue weighted by Gasteiger charge is 2.42.